The molecule has 5 nitrogen and oxygen atoms in total. The molecule has 4 heterocycles. The minimum Gasteiger partial charge on any atom is -0.328 e. The van der Waals surface area contributed by atoms with E-state index in [1.54, 1.807) is 28.2 Å². The average molecular weight is 268 g/mol. The highest BCUT2D eigenvalue weighted by molar-refractivity contribution is 7.13. The van der Waals surface area contributed by atoms with E-state index in [9.17, 15) is 4.79 Å². The molecule has 4 aromatic rings. The number of hydrogen-bond donors (Lipinski definition) is 1. The predicted octanol–water partition coefficient (Wildman–Crippen LogP) is 2.30. The van der Waals surface area contributed by atoms with Crippen LogP contribution in [0.5, 0.6) is 0 Å². The number of H-pyrrole nitrogens is 1. The van der Waals surface area contributed by atoms with Crippen LogP contribution in [0, 0.1) is 0 Å². The zero-order valence-electron chi connectivity index (χ0n) is 9.70. The number of nitrogens with one attached hydrogen (secondary N) is 1. The third-order valence-corrected chi connectivity index (χ3v) is 3.89. The fraction of sp³-hybridized carbons (Fsp3) is 0. The lowest BCUT2D eigenvalue weighted by atomic mass is 10.3. The summed E-state index contributed by atoms with van der Waals surface area (Å²) in [5, 5.41) is 7.08. The largest absolute Gasteiger partial charge is 0.328 e. The van der Waals surface area contributed by atoms with Gasteiger partial charge in [0, 0.05) is 18.5 Å². The summed E-state index contributed by atoms with van der Waals surface area (Å²) in [6.45, 7) is 0. The van der Waals surface area contributed by atoms with Gasteiger partial charge in [-0.3, -0.25) is 4.79 Å². The molecule has 0 aliphatic rings. The molecule has 0 aliphatic carbocycles. The minimum absolute atomic E-state index is 0.153. The Labute approximate surface area is 111 Å². The second kappa shape index (κ2) is 3.76. The van der Waals surface area contributed by atoms with Crippen LogP contribution >= 0.6 is 11.3 Å². The van der Waals surface area contributed by atoms with Crippen molar-refractivity contribution in [1.29, 1.82) is 0 Å². The molecule has 0 fully saturated rings. The first-order valence-electron chi connectivity index (χ1n) is 5.73. The van der Waals surface area contributed by atoms with Crippen molar-refractivity contribution in [3.8, 4) is 10.6 Å². The Morgan fingerprint density at radius 2 is 2.26 bits per heavy atom. The monoisotopic (exact) mass is 268 g/mol. The van der Waals surface area contributed by atoms with Crippen LogP contribution < -0.4 is 5.56 Å². The van der Waals surface area contributed by atoms with Crippen molar-refractivity contribution in [2.24, 2.45) is 0 Å². The molecular weight excluding hydrogens is 260 g/mol. The number of thiophene rings is 1. The van der Waals surface area contributed by atoms with Crippen molar-refractivity contribution in [2.75, 3.05) is 0 Å². The summed E-state index contributed by atoms with van der Waals surface area (Å²) in [4.78, 5) is 19.7. The molecular formula is C13H8N4OS. The van der Waals surface area contributed by atoms with Crippen LogP contribution in [0.15, 0.2) is 46.8 Å². The number of rotatable bonds is 1. The van der Waals surface area contributed by atoms with E-state index in [4.69, 9.17) is 0 Å². The second-order valence-corrected chi connectivity index (χ2v) is 5.09. The van der Waals surface area contributed by atoms with Crippen molar-refractivity contribution in [3.05, 3.63) is 52.4 Å². The third kappa shape index (κ3) is 1.50. The molecule has 0 bridgehead atoms. The molecule has 4 aromatic heterocycles. The lowest BCUT2D eigenvalue weighted by Gasteiger charge is -1.98. The molecule has 0 atom stereocenters. The SMILES string of the molecule is O=c1[nH]ccc2c1cnc1cc(-c3cccs3)nn12. The van der Waals surface area contributed by atoms with Gasteiger partial charge >= 0.3 is 0 Å². The molecule has 92 valence electrons. The number of fused-ring (bicyclic) bond motifs is 3. The molecule has 0 unspecified atom stereocenters. The van der Waals surface area contributed by atoms with E-state index >= 15 is 0 Å². The summed E-state index contributed by atoms with van der Waals surface area (Å²) in [5.41, 5.74) is 2.22. The maximum absolute atomic E-state index is 11.7. The van der Waals surface area contributed by atoms with Gasteiger partial charge in [0.2, 0.25) is 0 Å². The Balaban J connectivity index is 2.11. The molecule has 0 radical (unpaired) electrons. The lowest BCUT2D eigenvalue weighted by Crippen LogP contribution is -2.07. The van der Waals surface area contributed by atoms with Gasteiger partial charge in [-0.2, -0.15) is 5.10 Å². The van der Waals surface area contributed by atoms with Crippen molar-refractivity contribution in [3.63, 3.8) is 0 Å². The van der Waals surface area contributed by atoms with Crippen LogP contribution in [0.1, 0.15) is 0 Å². The van der Waals surface area contributed by atoms with E-state index < -0.39 is 0 Å². The molecule has 0 aliphatic heterocycles. The Morgan fingerprint density at radius 1 is 1.32 bits per heavy atom. The van der Waals surface area contributed by atoms with Crippen molar-refractivity contribution < 1.29 is 0 Å². The Hall–Kier alpha value is -2.47. The molecule has 0 aromatic carbocycles. The normalized spacial score (nSPS) is 11.4. The molecule has 19 heavy (non-hydrogen) atoms. The van der Waals surface area contributed by atoms with Gasteiger partial charge < -0.3 is 4.98 Å². The Morgan fingerprint density at radius 3 is 3.11 bits per heavy atom. The molecule has 1 N–H and O–H groups in total. The van der Waals surface area contributed by atoms with Gasteiger partial charge in [-0.05, 0) is 17.5 Å². The van der Waals surface area contributed by atoms with E-state index in [-0.39, 0.29) is 5.56 Å². The summed E-state index contributed by atoms with van der Waals surface area (Å²) in [6.07, 6.45) is 3.21. The molecule has 6 heteroatoms. The summed E-state index contributed by atoms with van der Waals surface area (Å²) < 4.78 is 1.71. The molecule has 0 amide bonds. The number of nitrogens with zero attached hydrogens (tertiary/aromatic N) is 3. The first-order valence-corrected chi connectivity index (χ1v) is 6.61. The molecule has 4 rings (SSSR count). The number of pyridine rings is 1. The standard InChI is InChI=1S/C13H8N4OS/c18-13-8-7-15-12-6-9(11-2-1-5-19-11)16-17(12)10(8)3-4-14-13/h1-7H,(H,14,18). The van der Waals surface area contributed by atoms with Crippen LogP contribution in [0.2, 0.25) is 0 Å². The van der Waals surface area contributed by atoms with E-state index in [1.165, 1.54) is 0 Å². The van der Waals surface area contributed by atoms with Gasteiger partial charge in [0.1, 0.15) is 5.69 Å². The van der Waals surface area contributed by atoms with Crippen molar-refractivity contribution in [2.45, 2.75) is 0 Å². The highest BCUT2D eigenvalue weighted by Crippen LogP contribution is 2.24. The quantitative estimate of drug-likeness (QED) is 0.576. The van der Waals surface area contributed by atoms with Crippen LogP contribution in [0.4, 0.5) is 0 Å². The fourth-order valence-electron chi connectivity index (χ4n) is 2.11. The smallest absolute Gasteiger partial charge is 0.258 e. The highest BCUT2D eigenvalue weighted by Gasteiger charge is 2.09. The van der Waals surface area contributed by atoms with Crippen LogP contribution in [-0.4, -0.2) is 19.6 Å². The summed E-state index contributed by atoms with van der Waals surface area (Å²) in [7, 11) is 0. The predicted molar refractivity (Wildman–Crippen MR) is 74.4 cm³/mol. The van der Waals surface area contributed by atoms with Crippen molar-refractivity contribution in [1.82, 2.24) is 19.6 Å². The van der Waals surface area contributed by atoms with E-state index in [1.807, 2.05) is 29.6 Å². The van der Waals surface area contributed by atoms with E-state index in [0.717, 1.165) is 21.7 Å². The maximum atomic E-state index is 11.7. The first kappa shape index (κ1) is 10.5. The maximum Gasteiger partial charge on any atom is 0.258 e. The zero-order chi connectivity index (χ0) is 12.8. The molecule has 0 spiro atoms. The second-order valence-electron chi connectivity index (χ2n) is 4.14. The topological polar surface area (TPSA) is 63.0 Å². The zero-order valence-corrected chi connectivity index (χ0v) is 10.5. The number of hydrogen-bond acceptors (Lipinski definition) is 4. The van der Waals surface area contributed by atoms with Gasteiger partial charge in [-0.25, -0.2) is 9.50 Å². The fourth-order valence-corrected chi connectivity index (χ4v) is 2.79. The van der Waals surface area contributed by atoms with Crippen LogP contribution in [0.25, 0.3) is 27.1 Å². The van der Waals surface area contributed by atoms with E-state index in [0.29, 0.717) is 5.39 Å². The average Bonchev–Trinajstić information content (AvgIpc) is 3.08. The summed E-state index contributed by atoms with van der Waals surface area (Å²) >= 11 is 1.63. The van der Waals surface area contributed by atoms with Gasteiger partial charge in [0.25, 0.3) is 5.56 Å². The summed E-state index contributed by atoms with van der Waals surface area (Å²) in [6, 6.07) is 7.75. The number of aromatic nitrogens is 4. The third-order valence-electron chi connectivity index (χ3n) is 2.99. The van der Waals surface area contributed by atoms with Crippen LogP contribution in [-0.2, 0) is 0 Å². The Bertz CT molecular complexity index is 936. The Kier molecular flexibility index (Phi) is 2.07. The minimum atomic E-state index is -0.153. The number of aromatic amines is 1. The van der Waals surface area contributed by atoms with Gasteiger partial charge in [0.15, 0.2) is 5.65 Å². The molecule has 0 saturated carbocycles. The first-order chi connectivity index (χ1) is 9.33. The van der Waals surface area contributed by atoms with Crippen LogP contribution in [0.3, 0.4) is 0 Å². The highest BCUT2D eigenvalue weighted by atomic mass is 32.1. The molecule has 0 saturated heterocycles. The summed E-state index contributed by atoms with van der Waals surface area (Å²) in [5.74, 6) is 0. The van der Waals surface area contributed by atoms with Gasteiger partial charge in [-0.15, -0.1) is 11.3 Å². The van der Waals surface area contributed by atoms with Crippen molar-refractivity contribution >= 4 is 27.9 Å². The van der Waals surface area contributed by atoms with Gasteiger partial charge in [0.05, 0.1) is 15.8 Å². The van der Waals surface area contributed by atoms with Gasteiger partial charge in [-0.1, -0.05) is 6.07 Å². The van der Waals surface area contributed by atoms with E-state index in [2.05, 4.69) is 15.1 Å². The lowest BCUT2D eigenvalue weighted by molar-refractivity contribution is 0.985.